The Bertz CT molecular complexity index is 929. The van der Waals surface area contributed by atoms with Crippen LogP contribution < -0.4 is 15.9 Å². The van der Waals surface area contributed by atoms with Gasteiger partial charge in [-0.2, -0.15) is 0 Å². The topological polar surface area (TPSA) is 95.1 Å². The van der Waals surface area contributed by atoms with Crippen molar-refractivity contribution in [3.05, 3.63) is 60.2 Å². The Hall–Kier alpha value is -3.00. The average molecular weight is 398 g/mol. The highest BCUT2D eigenvalue weighted by Crippen LogP contribution is 2.30. The van der Waals surface area contributed by atoms with Gasteiger partial charge in [-0.1, -0.05) is 54.2 Å². The summed E-state index contributed by atoms with van der Waals surface area (Å²) in [5.74, 6) is 7.24. The highest BCUT2D eigenvalue weighted by atomic mass is 32.2. The fourth-order valence-electron chi connectivity index (χ4n) is 2.70. The molecule has 0 saturated heterocycles. The first-order valence-corrected chi connectivity index (χ1v) is 9.80. The van der Waals surface area contributed by atoms with Crippen LogP contribution in [0.1, 0.15) is 12.5 Å². The lowest BCUT2D eigenvalue weighted by Gasteiger charge is -2.12. The number of hydrogen-bond donors (Lipinski definition) is 2. The fraction of sp³-hybridized carbons (Fsp3) is 0.250. The van der Waals surface area contributed by atoms with Crippen molar-refractivity contribution >= 4 is 17.7 Å². The van der Waals surface area contributed by atoms with Crippen LogP contribution in [-0.4, -0.2) is 39.7 Å². The first kappa shape index (κ1) is 19.8. The van der Waals surface area contributed by atoms with E-state index in [0.29, 0.717) is 23.3 Å². The van der Waals surface area contributed by atoms with E-state index in [2.05, 4.69) is 15.5 Å². The van der Waals surface area contributed by atoms with Gasteiger partial charge in [-0.05, 0) is 31.0 Å². The number of benzene rings is 2. The van der Waals surface area contributed by atoms with Crippen molar-refractivity contribution in [3.63, 3.8) is 0 Å². The van der Waals surface area contributed by atoms with Gasteiger partial charge in [0.1, 0.15) is 5.75 Å². The van der Waals surface area contributed by atoms with Crippen LogP contribution in [0.2, 0.25) is 0 Å². The maximum Gasteiger partial charge on any atom is 0.233 e. The molecule has 0 radical (unpaired) electrons. The lowest BCUT2D eigenvalue weighted by Crippen LogP contribution is -2.32. The van der Waals surface area contributed by atoms with Crippen LogP contribution in [0.25, 0.3) is 11.4 Å². The second kappa shape index (κ2) is 9.27. The average Bonchev–Trinajstić information content (AvgIpc) is 3.08. The first-order chi connectivity index (χ1) is 13.6. The molecule has 0 aliphatic heterocycles. The van der Waals surface area contributed by atoms with Crippen LogP contribution in [0.4, 0.5) is 0 Å². The Labute approximate surface area is 168 Å². The van der Waals surface area contributed by atoms with E-state index in [4.69, 9.17) is 10.6 Å². The molecule has 1 unspecified atom stereocenters. The molecular weight excluding hydrogens is 374 g/mol. The number of para-hydroxylation sites is 1. The molecule has 28 heavy (non-hydrogen) atoms. The van der Waals surface area contributed by atoms with Gasteiger partial charge < -0.3 is 15.9 Å². The standard InChI is InChI=1S/C20H23N5O2S/c1-14(19(26)22-13-12-15-8-4-3-5-9-15)28-20-24-23-18(25(20)21)16-10-6-7-11-17(16)27-2/h3-11,14H,12-13,21H2,1-2H3,(H,22,26). The fourth-order valence-corrected chi connectivity index (χ4v) is 3.50. The number of nitrogen functional groups attached to an aromatic ring is 1. The summed E-state index contributed by atoms with van der Waals surface area (Å²) in [5, 5.41) is 11.4. The monoisotopic (exact) mass is 397 g/mol. The minimum atomic E-state index is -0.354. The Kier molecular flexibility index (Phi) is 6.54. The lowest BCUT2D eigenvalue weighted by atomic mass is 10.1. The van der Waals surface area contributed by atoms with Gasteiger partial charge in [0.2, 0.25) is 11.1 Å². The predicted octanol–water partition coefficient (Wildman–Crippen LogP) is 2.51. The molecule has 8 heteroatoms. The van der Waals surface area contributed by atoms with Crippen molar-refractivity contribution in [2.75, 3.05) is 19.5 Å². The van der Waals surface area contributed by atoms with Gasteiger partial charge in [0.25, 0.3) is 0 Å². The normalized spacial score (nSPS) is 11.8. The number of amides is 1. The SMILES string of the molecule is COc1ccccc1-c1nnc(SC(C)C(=O)NCCc2ccccc2)n1N. The van der Waals surface area contributed by atoms with Gasteiger partial charge in [0.15, 0.2) is 5.82 Å². The van der Waals surface area contributed by atoms with Gasteiger partial charge in [-0.3, -0.25) is 4.79 Å². The molecule has 0 bridgehead atoms. The molecule has 1 atom stereocenters. The molecule has 2 aromatic carbocycles. The summed E-state index contributed by atoms with van der Waals surface area (Å²) in [5.41, 5.74) is 1.93. The number of aromatic nitrogens is 3. The number of nitrogens with two attached hydrogens (primary N) is 1. The van der Waals surface area contributed by atoms with Crippen molar-refractivity contribution in [3.8, 4) is 17.1 Å². The van der Waals surface area contributed by atoms with Crippen molar-refractivity contribution < 1.29 is 9.53 Å². The number of carbonyl (C=O) groups is 1. The number of thioether (sulfide) groups is 1. The Morgan fingerprint density at radius 2 is 1.89 bits per heavy atom. The number of rotatable bonds is 8. The predicted molar refractivity (Wildman–Crippen MR) is 111 cm³/mol. The van der Waals surface area contributed by atoms with Crippen LogP contribution in [0.15, 0.2) is 59.8 Å². The maximum atomic E-state index is 12.4. The molecule has 0 aliphatic carbocycles. The van der Waals surface area contributed by atoms with E-state index in [0.717, 1.165) is 12.0 Å². The molecule has 3 rings (SSSR count). The number of methoxy groups -OCH3 is 1. The quantitative estimate of drug-likeness (QED) is 0.448. The van der Waals surface area contributed by atoms with Gasteiger partial charge in [0, 0.05) is 6.54 Å². The molecule has 1 heterocycles. The molecule has 1 amide bonds. The Balaban J connectivity index is 1.60. The third-order valence-corrected chi connectivity index (χ3v) is 5.28. The zero-order valence-electron chi connectivity index (χ0n) is 15.8. The van der Waals surface area contributed by atoms with Gasteiger partial charge in [-0.15, -0.1) is 10.2 Å². The molecule has 0 fully saturated rings. The third-order valence-electron chi connectivity index (χ3n) is 4.22. The molecule has 3 aromatic rings. The highest BCUT2D eigenvalue weighted by Gasteiger charge is 2.20. The number of nitrogens with zero attached hydrogens (tertiary/aromatic N) is 3. The van der Waals surface area contributed by atoms with E-state index in [-0.39, 0.29) is 11.2 Å². The van der Waals surface area contributed by atoms with Crippen molar-refractivity contribution in [2.24, 2.45) is 0 Å². The van der Waals surface area contributed by atoms with Crippen molar-refractivity contribution in [1.29, 1.82) is 0 Å². The smallest absolute Gasteiger partial charge is 0.233 e. The zero-order chi connectivity index (χ0) is 19.9. The van der Waals surface area contributed by atoms with E-state index < -0.39 is 0 Å². The minimum absolute atomic E-state index is 0.0669. The molecule has 7 nitrogen and oxygen atoms in total. The maximum absolute atomic E-state index is 12.4. The van der Waals surface area contributed by atoms with Crippen molar-refractivity contribution in [2.45, 2.75) is 23.8 Å². The molecule has 0 saturated carbocycles. The van der Waals surface area contributed by atoms with Gasteiger partial charge in [0.05, 0.1) is 17.9 Å². The Morgan fingerprint density at radius 1 is 1.18 bits per heavy atom. The number of carbonyl (C=O) groups excluding carboxylic acids is 1. The van der Waals surface area contributed by atoms with E-state index >= 15 is 0 Å². The lowest BCUT2D eigenvalue weighted by molar-refractivity contribution is -0.120. The summed E-state index contributed by atoms with van der Waals surface area (Å²) < 4.78 is 6.74. The van der Waals surface area contributed by atoms with Gasteiger partial charge >= 0.3 is 0 Å². The van der Waals surface area contributed by atoms with Crippen LogP contribution in [0, 0.1) is 0 Å². The summed E-state index contributed by atoms with van der Waals surface area (Å²) in [4.78, 5) is 12.4. The van der Waals surface area contributed by atoms with Crippen LogP contribution in [0.5, 0.6) is 5.75 Å². The van der Waals surface area contributed by atoms with Crippen molar-refractivity contribution in [1.82, 2.24) is 20.2 Å². The molecule has 0 spiro atoms. The van der Waals surface area contributed by atoms with Crippen LogP contribution in [0.3, 0.4) is 0 Å². The highest BCUT2D eigenvalue weighted by molar-refractivity contribution is 8.00. The summed E-state index contributed by atoms with van der Waals surface area (Å²) in [6.07, 6.45) is 0.787. The summed E-state index contributed by atoms with van der Waals surface area (Å²) in [7, 11) is 1.59. The largest absolute Gasteiger partial charge is 0.496 e. The second-order valence-corrected chi connectivity index (χ2v) is 7.47. The summed E-state index contributed by atoms with van der Waals surface area (Å²) in [6, 6.07) is 17.5. The molecule has 0 aliphatic rings. The molecular formula is C20H23N5O2S. The summed E-state index contributed by atoms with van der Waals surface area (Å²) in [6.45, 7) is 2.40. The van der Waals surface area contributed by atoms with E-state index in [1.807, 2.05) is 61.5 Å². The minimum Gasteiger partial charge on any atom is -0.496 e. The molecule has 3 N–H and O–H groups in total. The summed E-state index contributed by atoms with van der Waals surface area (Å²) >= 11 is 1.26. The molecule has 1 aromatic heterocycles. The third kappa shape index (κ3) is 4.64. The van der Waals surface area contributed by atoms with Crippen LogP contribution in [-0.2, 0) is 11.2 Å². The van der Waals surface area contributed by atoms with Crippen LogP contribution >= 0.6 is 11.8 Å². The van der Waals surface area contributed by atoms with E-state index in [1.165, 1.54) is 22.0 Å². The number of ether oxygens (including phenoxy) is 1. The van der Waals surface area contributed by atoms with Gasteiger partial charge in [-0.25, -0.2) is 4.68 Å². The number of hydrogen-bond acceptors (Lipinski definition) is 6. The Morgan fingerprint density at radius 3 is 2.64 bits per heavy atom. The first-order valence-electron chi connectivity index (χ1n) is 8.92. The number of nitrogens with one attached hydrogen (secondary N) is 1. The molecule has 146 valence electrons. The van der Waals surface area contributed by atoms with E-state index in [1.54, 1.807) is 7.11 Å². The second-order valence-electron chi connectivity index (χ2n) is 6.16. The van der Waals surface area contributed by atoms with E-state index in [9.17, 15) is 4.79 Å². The zero-order valence-corrected chi connectivity index (χ0v) is 16.6.